The summed E-state index contributed by atoms with van der Waals surface area (Å²) in [6, 6.07) is 11.4. The zero-order valence-electron chi connectivity index (χ0n) is 16.7. The molecule has 1 aliphatic carbocycles. The predicted molar refractivity (Wildman–Crippen MR) is 117 cm³/mol. The van der Waals surface area contributed by atoms with Gasteiger partial charge in [-0.15, -0.1) is 10.2 Å². The molecule has 5 rings (SSSR count). The molecule has 1 N–H and O–H groups in total. The standard InChI is InChI=1S/C22H21Cl2N5O2/c23-16-8-9-18-15(10-16)11-28(22(30)31)12-20-26-27-21(29(18)20)14-6-4-13(5-7-14)17-2-1-3-19(24)25-17/h1-3,8-10,13-14H,4-7,11-12H2,(H,30,31)/t13-,14-. The number of amides is 1. The molecule has 7 nitrogen and oxygen atoms in total. The zero-order valence-corrected chi connectivity index (χ0v) is 18.2. The number of fused-ring (bicyclic) bond motifs is 3. The molecule has 0 unspecified atom stereocenters. The number of halogens is 2. The van der Waals surface area contributed by atoms with Gasteiger partial charge in [0.2, 0.25) is 0 Å². The molecule has 31 heavy (non-hydrogen) atoms. The summed E-state index contributed by atoms with van der Waals surface area (Å²) in [5.74, 6) is 2.16. The van der Waals surface area contributed by atoms with Crippen LogP contribution in [0.5, 0.6) is 0 Å². The molecular formula is C22H21Cl2N5O2. The van der Waals surface area contributed by atoms with E-state index < -0.39 is 6.09 Å². The van der Waals surface area contributed by atoms with Crippen LogP contribution in [0.25, 0.3) is 5.69 Å². The highest BCUT2D eigenvalue weighted by molar-refractivity contribution is 6.30. The summed E-state index contributed by atoms with van der Waals surface area (Å²) in [6.07, 6.45) is 2.92. The minimum Gasteiger partial charge on any atom is -0.465 e. The molecule has 0 spiro atoms. The molecule has 2 aliphatic rings. The average molecular weight is 458 g/mol. The number of benzene rings is 1. The molecule has 1 saturated carbocycles. The fraction of sp³-hybridized carbons (Fsp3) is 0.364. The molecule has 1 fully saturated rings. The fourth-order valence-electron chi connectivity index (χ4n) is 4.72. The highest BCUT2D eigenvalue weighted by Crippen LogP contribution is 2.41. The summed E-state index contributed by atoms with van der Waals surface area (Å²) < 4.78 is 2.04. The van der Waals surface area contributed by atoms with Crippen LogP contribution in [-0.4, -0.2) is 35.8 Å². The van der Waals surface area contributed by atoms with E-state index >= 15 is 0 Å². The van der Waals surface area contributed by atoms with Gasteiger partial charge in [-0.2, -0.15) is 0 Å². The van der Waals surface area contributed by atoms with E-state index in [1.165, 1.54) is 4.90 Å². The lowest BCUT2D eigenvalue weighted by molar-refractivity contribution is 0.139. The van der Waals surface area contributed by atoms with Crippen LogP contribution in [0.15, 0.2) is 36.4 Å². The summed E-state index contributed by atoms with van der Waals surface area (Å²) in [5, 5.41) is 19.6. The molecule has 1 aromatic carbocycles. The van der Waals surface area contributed by atoms with Crippen LogP contribution in [0.3, 0.4) is 0 Å². The molecule has 3 heterocycles. The van der Waals surface area contributed by atoms with Gasteiger partial charge in [0.05, 0.1) is 18.8 Å². The van der Waals surface area contributed by atoms with Gasteiger partial charge in [0.1, 0.15) is 11.0 Å². The van der Waals surface area contributed by atoms with Crippen LogP contribution < -0.4 is 0 Å². The maximum atomic E-state index is 11.7. The number of carbonyl (C=O) groups is 1. The quantitative estimate of drug-likeness (QED) is 0.520. The van der Waals surface area contributed by atoms with Gasteiger partial charge in [0.15, 0.2) is 5.82 Å². The van der Waals surface area contributed by atoms with Gasteiger partial charge in [0, 0.05) is 22.6 Å². The average Bonchev–Trinajstić information content (AvgIpc) is 3.09. The van der Waals surface area contributed by atoms with Gasteiger partial charge in [-0.3, -0.25) is 9.47 Å². The Morgan fingerprint density at radius 2 is 1.77 bits per heavy atom. The van der Waals surface area contributed by atoms with Crippen molar-refractivity contribution in [3.8, 4) is 5.69 Å². The fourth-order valence-corrected chi connectivity index (χ4v) is 5.09. The molecule has 0 bridgehead atoms. The number of aromatic nitrogens is 4. The van der Waals surface area contributed by atoms with Crippen molar-refractivity contribution in [3.63, 3.8) is 0 Å². The maximum absolute atomic E-state index is 11.7. The van der Waals surface area contributed by atoms with Crippen LogP contribution in [0.1, 0.15) is 60.4 Å². The Balaban J connectivity index is 1.46. The molecule has 0 atom stereocenters. The number of nitrogens with zero attached hydrogens (tertiary/aromatic N) is 5. The van der Waals surface area contributed by atoms with Crippen molar-refractivity contribution in [1.82, 2.24) is 24.6 Å². The maximum Gasteiger partial charge on any atom is 0.408 e. The SMILES string of the molecule is O=C(O)N1Cc2cc(Cl)ccc2-n2c(nnc2[C@H]2CC[C@H](c3cccc(Cl)n3)CC2)C1. The van der Waals surface area contributed by atoms with Gasteiger partial charge in [-0.1, -0.05) is 29.3 Å². The Labute approximate surface area is 189 Å². The summed E-state index contributed by atoms with van der Waals surface area (Å²) in [7, 11) is 0. The first kappa shape index (κ1) is 20.3. The van der Waals surface area contributed by atoms with E-state index in [-0.39, 0.29) is 19.0 Å². The first-order valence-corrected chi connectivity index (χ1v) is 11.1. The second-order valence-corrected chi connectivity index (χ2v) is 8.98. The van der Waals surface area contributed by atoms with Crippen molar-refractivity contribution in [2.45, 2.75) is 50.6 Å². The smallest absolute Gasteiger partial charge is 0.408 e. The van der Waals surface area contributed by atoms with Gasteiger partial charge < -0.3 is 5.11 Å². The van der Waals surface area contributed by atoms with Crippen molar-refractivity contribution < 1.29 is 9.90 Å². The highest BCUT2D eigenvalue weighted by atomic mass is 35.5. The summed E-state index contributed by atoms with van der Waals surface area (Å²) in [5.41, 5.74) is 2.80. The van der Waals surface area contributed by atoms with E-state index in [1.807, 2.05) is 34.9 Å². The number of rotatable bonds is 2. The molecule has 0 saturated heterocycles. The summed E-state index contributed by atoms with van der Waals surface area (Å²) >= 11 is 12.3. The molecule has 1 aliphatic heterocycles. The Kier molecular flexibility index (Phi) is 5.32. The highest BCUT2D eigenvalue weighted by Gasteiger charge is 2.32. The van der Waals surface area contributed by atoms with E-state index in [0.717, 1.165) is 48.5 Å². The predicted octanol–water partition coefficient (Wildman–Crippen LogP) is 5.40. The van der Waals surface area contributed by atoms with Crippen molar-refractivity contribution in [2.24, 2.45) is 0 Å². The second kappa shape index (κ2) is 8.13. The van der Waals surface area contributed by atoms with Crippen LogP contribution in [0, 0.1) is 0 Å². The van der Waals surface area contributed by atoms with Crippen molar-refractivity contribution in [2.75, 3.05) is 0 Å². The lowest BCUT2D eigenvalue weighted by Crippen LogP contribution is -2.27. The second-order valence-electron chi connectivity index (χ2n) is 8.16. The molecular weight excluding hydrogens is 437 g/mol. The van der Waals surface area contributed by atoms with Gasteiger partial charge in [-0.05, 0) is 61.6 Å². The molecule has 1 amide bonds. The summed E-state index contributed by atoms with van der Waals surface area (Å²) in [4.78, 5) is 17.6. The van der Waals surface area contributed by atoms with E-state index in [4.69, 9.17) is 23.2 Å². The number of carboxylic acid groups (broad SMARTS) is 1. The first-order valence-electron chi connectivity index (χ1n) is 10.3. The molecule has 9 heteroatoms. The molecule has 160 valence electrons. The van der Waals surface area contributed by atoms with Crippen molar-refractivity contribution >= 4 is 29.3 Å². The lowest BCUT2D eigenvalue weighted by Gasteiger charge is -2.28. The van der Waals surface area contributed by atoms with Crippen LogP contribution in [0.4, 0.5) is 4.79 Å². The minimum atomic E-state index is -0.988. The third-order valence-electron chi connectivity index (χ3n) is 6.25. The third kappa shape index (κ3) is 3.88. The van der Waals surface area contributed by atoms with Gasteiger partial charge in [0.25, 0.3) is 0 Å². The molecule has 0 radical (unpaired) electrons. The number of hydrogen-bond donors (Lipinski definition) is 1. The minimum absolute atomic E-state index is 0.191. The van der Waals surface area contributed by atoms with E-state index in [1.54, 1.807) is 6.07 Å². The van der Waals surface area contributed by atoms with Crippen LogP contribution >= 0.6 is 23.2 Å². The van der Waals surface area contributed by atoms with Gasteiger partial charge in [-0.25, -0.2) is 9.78 Å². The molecule has 3 aromatic rings. The number of pyridine rings is 1. The van der Waals surface area contributed by atoms with Crippen molar-refractivity contribution in [1.29, 1.82) is 0 Å². The Bertz CT molecular complexity index is 1140. The Morgan fingerprint density at radius 1 is 1.00 bits per heavy atom. The Hall–Kier alpha value is -2.64. The molecule has 2 aromatic heterocycles. The number of hydrogen-bond acceptors (Lipinski definition) is 4. The summed E-state index contributed by atoms with van der Waals surface area (Å²) in [6.45, 7) is 0.456. The lowest BCUT2D eigenvalue weighted by atomic mass is 9.80. The topological polar surface area (TPSA) is 84.1 Å². The van der Waals surface area contributed by atoms with Gasteiger partial charge >= 0.3 is 6.09 Å². The first-order chi connectivity index (χ1) is 15.0. The van der Waals surface area contributed by atoms with Crippen LogP contribution in [0.2, 0.25) is 10.2 Å². The van der Waals surface area contributed by atoms with Crippen LogP contribution in [-0.2, 0) is 13.1 Å². The van der Waals surface area contributed by atoms with E-state index in [0.29, 0.717) is 21.9 Å². The largest absolute Gasteiger partial charge is 0.465 e. The Morgan fingerprint density at radius 3 is 2.52 bits per heavy atom. The van der Waals surface area contributed by atoms with E-state index in [9.17, 15) is 9.90 Å². The monoisotopic (exact) mass is 457 g/mol. The third-order valence-corrected chi connectivity index (χ3v) is 6.69. The van der Waals surface area contributed by atoms with Crippen molar-refractivity contribution in [3.05, 3.63) is 69.5 Å². The zero-order chi connectivity index (χ0) is 21.5. The normalized spacial score (nSPS) is 20.6. The van der Waals surface area contributed by atoms with E-state index in [2.05, 4.69) is 15.2 Å².